The molecule has 31 heavy (non-hydrogen) atoms. The number of rotatable bonds is 7. The zero-order valence-electron chi connectivity index (χ0n) is 17.4. The molecule has 158 valence electrons. The number of imidazole rings is 1. The number of methoxy groups -OCH3 is 2. The molecule has 0 aliphatic carbocycles. The molecule has 2 aromatic carbocycles. The lowest BCUT2D eigenvalue weighted by atomic mass is 10.0. The Balaban J connectivity index is 1.67. The number of nitrogens with one attached hydrogen (secondary N) is 1. The summed E-state index contributed by atoms with van der Waals surface area (Å²) in [4.78, 5) is 17.5. The topological polar surface area (TPSA) is 91.4 Å². The molecule has 1 unspecified atom stereocenters. The maximum atomic E-state index is 13.1. The van der Waals surface area contributed by atoms with Crippen molar-refractivity contribution in [2.45, 2.75) is 6.04 Å². The standard InChI is InChI=1S/C23H22N4O4/c1-27-10-9-24-22(27)21(16-11-17(29-2)13-18(12-16)30-3)25-23(28)19-14-20(31-26-19)15-7-5-4-6-8-15/h4-14,21H,1-3H3,(H,25,28). The third-order valence-corrected chi connectivity index (χ3v) is 4.90. The molecule has 8 nitrogen and oxygen atoms in total. The number of hydrogen-bond donors (Lipinski definition) is 1. The van der Waals surface area contributed by atoms with Gasteiger partial charge in [0, 0.05) is 37.1 Å². The van der Waals surface area contributed by atoms with E-state index in [1.165, 1.54) is 0 Å². The second kappa shape index (κ2) is 8.74. The zero-order valence-corrected chi connectivity index (χ0v) is 17.4. The van der Waals surface area contributed by atoms with Crippen LogP contribution in [0.3, 0.4) is 0 Å². The van der Waals surface area contributed by atoms with Gasteiger partial charge in [-0.2, -0.15) is 0 Å². The molecule has 1 N–H and O–H groups in total. The van der Waals surface area contributed by atoms with Crippen LogP contribution in [0.25, 0.3) is 11.3 Å². The Labute approximate surface area is 179 Å². The van der Waals surface area contributed by atoms with Gasteiger partial charge in [0.15, 0.2) is 11.5 Å². The summed E-state index contributed by atoms with van der Waals surface area (Å²) in [5, 5.41) is 6.95. The lowest BCUT2D eigenvalue weighted by Crippen LogP contribution is -2.31. The van der Waals surface area contributed by atoms with E-state index < -0.39 is 6.04 Å². The maximum Gasteiger partial charge on any atom is 0.274 e. The summed E-state index contributed by atoms with van der Waals surface area (Å²) < 4.78 is 18.0. The number of amides is 1. The Hall–Kier alpha value is -4.07. The summed E-state index contributed by atoms with van der Waals surface area (Å²) in [5.41, 5.74) is 1.77. The minimum absolute atomic E-state index is 0.174. The number of hydrogen-bond acceptors (Lipinski definition) is 6. The van der Waals surface area contributed by atoms with Crippen LogP contribution in [0, 0.1) is 0 Å². The molecule has 0 spiro atoms. The van der Waals surface area contributed by atoms with Gasteiger partial charge in [-0.15, -0.1) is 0 Å². The SMILES string of the molecule is COc1cc(OC)cc(C(NC(=O)c2cc(-c3ccccc3)on2)c2nccn2C)c1. The summed E-state index contributed by atoms with van der Waals surface area (Å²) in [7, 11) is 5.02. The molecule has 0 bridgehead atoms. The second-order valence-corrected chi connectivity index (χ2v) is 6.89. The smallest absolute Gasteiger partial charge is 0.274 e. The summed E-state index contributed by atoms with van der Waals surface area (Å²) in [6.07, 6.45) is 3.49. The minimum Gasteiger partial charge on any atom is -0.497 e. The lowest BCUT2D eigenvalue weighted by molar-refractivity contribution is 0.0932. The van der Waals surface area contributed by atoms with Crippen molar-refractivity contribution in [3.05, 3.63) is 84.1 Å². The minimum atomic E-state index is -0.562. The van der Waals surface area contributed by atoms with Gasteiger partial charge in [0.1, 0.15) is 23.4 Å². The van der Waals surface area contributed by atoms with Gasteiger partial charge < -0.3 is 23.9 Å². The number of carbonyl (C=O) groups excluding carboxylic acids is 1. The molecule has 1 amide bonds. The third kappa shape index (κ3) is 4.28. The molecule has 0 aliphatic heterocycles. The molecular formula is C23H22N4O4. The van der Waals surface area contributed by atoms with Crippen molar-refractivity contribution < 1.29 is 18.8 Å². The van der Waals surface area contributed by atoms with Crippen molar-refractivity contribution in [1.29, 1.82) is 0 Å². The molecule has 0 aliphatic rings. The highest BCUT2D eigenvalue weighted by Gasteiger charge is 2.24. The third-order valence-electron chi connectivity index (χ3n) is 4.90. The monoisotopic (exact) mass is 418 g/mol. The van der Waals surface area contributed by atoms with Gasteiger partial charge in [0.2, 0.25) is 0 Å². The van der Waals surface area contributed by atoms with Crippen LogP contribution in [0.15, 0.2) is 71.5 Å². The van der Waals surface area contributed by atoms with E-state index in [0.717, 1.165) is 11.1 Å². The maximum absolute atomic E-state index is 13.1. The molecule has 4 rings (SSSR count). The fourth-order valence-electron chi connectivity index (χ4n) is 3.27. The van der Waals surface area contributed by atoms with Crippen LogP contribution in [0.5, 0.6) is 11.5 Å². The summed E-state index contributed by atoms with van der Waals surface area (Å²) in [6, 6.07) is 16.0. The first-order chi connectivity index (χ1) is 15.1. The van der Waals surface area contributed by atoms with Crippen LogP contribution < -0.4 is 14.8 Å². The van der Waals surface area contributed by atoms with Gasteiger partial charge in [-0.05, 0) is 17.7 Å². The van der Waals surface area contributed by atoms with E-state index in [4.69, 9.17) is 14.0 Å². The van der Waals surface area contributed by atoms with Crippen molar-refractivity contribution in [3.63, 3.8) is 0 Å². The number of ether oxygens (including phenoxy) is 2. The van der Waals surface area contributed by atoms with Crippen LogP contribution >= 0.6 is 0 Å². The summed E-state index contributed by atoms with van der Waals surface area (Å²) in [5.74, 6) is 1.99. The molecule has 8 heteroatoms. The van der Waals surface area contributed by atoms with Crippen molar-refractivity contribution in [2.24, 2.45) is 7.05 Å². The number of nitrogens with zero attached hydrogens (tertiary/aromatic N) is 3. The molecule has 2 aromatic heterocycles. The Morgan fingerprint density at radius 1 is 1.06 bits per heavy atom. The van der Waals surface area contributed by atoms with E-state index in [0.29, 0.717) is 23.1 Å². The van der Waals surface area contributed by atoms with Gasteiger partial charge in [-0.25, -0.2) is 4.98 Å². The van der Waals surface area contributed by atoms with E-state index in [1.54, 1.807) is 32.5 Å². The quantitative estimate of drug-likeness (QED) is 0.493. The molecule has 4 aromatic rings. The normalized spacial score (nSPS) is 11.7. The number of aromatic nitrogens is 3. The van der Waals surface area contributed by atoms with E-state index in [1.807, 2.05) is 60.3 Å². The summed E-state index contributed by atoms with van der Waals surface area (Å²) in [6.45, 7) is 0. The van der Waals surface area contributed by atoms with Gasteiger partial charge in [0.25, 0.3) is 5.91 Å². The molecule has 0 fully saturated rings. The van der Waals surface area contributed by atoms with Crippen molar-refractivity contribution >= 4 is 5.91 Å². The molecule has 2 heterocycles. The Morgan fingerprint density at radius 3 is 2.39 bits per heavy atom. The summed E-state index contributed by atoms with van der Waals surface area (Å²) >= 11 is 0. The van der Waals surface area contributed by atoms with Crippen LogP contribution in [0.2, 0.25) is 0 Å². The number of carbonyl (C=O) groups is 1. The predicted molar refractivity (Wildman–Crippen MR) is 114 cm³/mol. The Morgan fingerprint density at radius 2 is 1.77 bits per heavy atom. The number of aryl methyl sites for hydroxylation is 1. The van der Waals surface area contributed by atoms with Crippen molar-refractivity contribution in [2.75, 3.05) is 14.2 Å². The molecule has 0 radical (unpaired) electrons. The molecule has 0 saturated carbocycles. The highest BCUT2D eigenvalue weighted by Crippen LogP contribution is 2.30. The second-order valence-electron chi connectivity index (χ2n) is 6.89. The molecule has 0 saturated heterocycles. The Kier molecular flexibility index (Phi) is 5.70. The van der Waals surface area contributed by atoms with Gasteiger partial charge in [0.05, 0.1) is 14.2 Å². The highest BCUT2D eigenvalue weighted by molar-refractivity contribution is 5.93. The predicted octanol–water partition coefficient (Wildman–Crippen LogP) is 3.61. The first-order valence-electron chi connectivity index (χ1n) is 9.62. The first-order valence-corrected chi connectivity index (χ1v) is 9.62. The van der Waals surface area contributed by atoms with Crippen molar-refractivity contribution in [3.8, 4) is 22.8 Å². The number of benzene rings is 2. The highest BCUT2D eigenvalue weighted by atomic mass is 16.5. The van der Waals surface area contributed by atoms with Crippen molar-refractivity contribution in [1.82, 2.24) is 20.0 Å². The van der Waals surface area contributed by atoms with Crippen LogP contribution in [-0.4, -0.2) is 34.8 Å². The molecule has 1 atom stereocenters. The van der Waals surface area contributed by atoms with E-state index in [-0.39, 0.29) is 11.6 Å². The van der Waals surface area contributed by atoms with Crippen LogP contribution in [0.1, 0.15) is 27.9 Å². The fraction of sp³-hybridized carbons (Fsp3) is 0.174. The largest absolute Gasteiger partial charge is 0.497 e. The van der Waals surface area contributed by atoms with Crippen LogP contribution in [-0.2, 0) is 7.05 Å². The van der Waals surface area contributed by atoms with E-state index in [2.05, 4.69) is 15.5 Å². The van der Waals surface area contributed by atoms with Gasteiger partial charge >= 0.3 is 0 Å². The first kappa shape index (κ1) is 20.2. The van der Waals surface area contributed by atoms with Gasteiger partial charge in [-0.3, -0.25) is 4.79 Å². The van der Waals surface area contributed by atoms with Gasteiger partial charge in [-0.1, -0.05) is 35.5 Å². The van der Waals surface area contributed by atoms with E-state index in [9.17, 15) is 4.79 Å². The fourth-order valence-corrected chi connectivity index (χ4v) is 3.27. The lowest BCUT2D eigenvalue weighted by Gasteiger charge is -2.20. The molecular weight excluding hydrogens is 396 g/mol. The Bertz CT molecular complexity index is 1160. The van der Waals surface area contributed by atoms with E-state index >= 15 is 0 Å². The average Bonchev–Trinajstić information content (AvgIpc) is 3.47. The average molecular weight is 418 g/mol. The zero-order chi connectivity index (χ0) is 21.8. The van der Waals surface area contributed by atoms with Crippen LogP contribution in [0.4, 0.5) is 0 Å².